The standard InChI is InChI=1S/C13H20ClNOS/c1-4-11-6-7-12(17-11)13(16)15(10(2)3)9-5-8-14/h6-7,10H,4-5,8-9H2,1-3H3. The Morgan fingerprint density at radius 3 is 2.65 bits per heavy atom. The van der Waals surface area contributed by atoms with Crippen molar-refractivity contribution in [1.29, 1.82) is 0 Å². The fourth-order valence-electron chi connectivity index (χ4n) is 1.65. The Morgan fingerprint density at radius 1 is 1.47 bits per heavy atom. The van der Waals surface area contributed by atoms with Crippen molar-refractivity contribution in [1.82, 2.24) is 4.90 Å². The molecule has 2 nitrogen and oxygen atoms in total. The Balaban J connectivity index is 2.76. The maximum absolute atomic E-state index is 12.3. The molecule has 0 bridgehead atoms. The Morgan fingerprint density at radius 2 is 2.18 bits per heavy atom. The molecule has 0 aromatic carbocycles. The Kier molecular flexibility index (Phi) is 6.00. The van der Waals surface area contributed by atoms with Gasteiger partial charge in [-0.1, -0.05) is 6.92 Å². The summed E-state index contributed by atoms with van der Waals surface area (Å²) in [5, 5.41) is 0. The van der Waals surface area contributed by atoms with Gasteiger partial charge in [-0.15, -0.1) is 22.9 Å². The number of aryl methyl sites for hydroxylation is 1. The topological polar surface area (TPSA) is 20.3 Å². The highest BCUT2D eigenvalue weighted by Gasteiger charge is 2.19. The molecule has 0 aliphatic carbocycles. The molecule has 1 rings (SSSR count). The Labute approximate surface area is 113 Å². The van der Waals surface area contributed by atoms with Crippen molar-refractivity contribution in [2.75, 3.05) is 12.4 Å². The predicted octanol–water partition coefficient (Wildman–Crippen LogP) is 3.79. The number of alkyl halides is 1. The third-order valence-electron chi connectivity index (χ3n) is 2.64. The molecule has 17 heavy (non-hydrogen) atoms. The molecule has 0 aliphatic rings. The highest BCUT2D eigenvalue weighted by Crippen LogP contribution is 2.20. The van der Waals surface area contributed by atoms with Crippen LogP contribution in [0, 0.1) is 0 Å². The van der Waals surface area contributed by atoms with E-state index in [1.807, 2.05) is 30.9 Å². The first kappa shape index (κ1) is 14.5. The maximum atomic E-state index is 12.3. The van der Waals surface area contributed by atoms with Crippen LogP contribution in [-0.2, 0) is 6.42 Å². The number of carbonyl (C=O) groups excluding carboxylic acids is 1. The fraction of sp³-hybridized carbons (Fsp3) is 0.615. The minimum Gasteiger partial charge on any atom is -0.335 e. The van der Waals surface area contributed by atoms with E-state index < -0.39 is 0 Å². The number of carbonyl (C=O) groups is 1. The summed E-state index contributed by atoms with van der Waals surface area (Å²) in [7, 11) is 0. The third-order valence-corrected chi connectivity index (χ3v) is 4.12. The van der Waals surface area contributed by atoms with Crippen LogP contribution in [-0.4, -0.2) is 29.3 Å². The van der Waals surface area contributed by atoms with Gasteiger partial charge in [0.1, 0.15) is 0 Å². The summed E-state index contributed by atoms with van der Waals surface area (Å²) in [6, 6.07) is 4.19. The van der Waals surface area contributed by atoms with Crippen LogP contribution in [0.15, 0.2) is 12.1 Å². The maximum Gasteiger partial charge on any atom is 0.264 e. The van der Waals surface area contributed by atoms with Gasteiger partial charge in [0, 0.05) is 23.3 Å². The molecule has 0 atom stereocenters. The normalized spacial score (nSPS) is 10.9. The largest absolute Gasteiger partial charge is 0.335 e. The number of hydrogen-bond donors (Lipinski definition) is 0. The summed E-state index contributed by atoms with van der Waals surface area (Å²) in [5.74, 6) is 0.732. The lowest BCUT2D eigenvalue weighted by atomic mass is 10.2. The molecule has 0 unspecified atom stereocenters. The molecule has 0 spiro atoms. The Hall–Kier alpha value is -0.540. The summed E-state index contributed by atoms with van der Waals surface area (Å²) in [4.78, 5) is 16.3. The van der Waals surface area contributed by atoms with Crippen molar-refractivity contribution in [3.8, 4) is 0 Å². The zero-order valence-electron chi connectivity index (χ0n) is 10.7. The SMILES string of the molecule is CCc1ccc(C(=O)N(CCCCl)C(C)C)s1. The number of nitrogens with zero attached hydrogens (tertiary/aromatic N) is 1. The number of hydrogen-bond acceptors (Lipinski definition) is 2. The summed E-state index contributed by atoms with van der Waals surface area (Å²) >= 11 is 7.29. The van der Waals surface area contributed by atoms with Gasteiger partial charge in [0.25, 0.3) is 5.91 Å². The van der Waals surface area contributed by atoms with Crippen LogP contribution in [0.3, 0.4) is 0 Å². The van der Waals surface area contributed by atoms with Crippen molar-refractivity contribution in [3.63, 3.8) is 0 Å². The summed E-state index contributed by atoms with van der Waals surface area (Å²) in [6.07, 6.45) is 1.83. The molecule has 0 fully saturated rings. The fourth-order valence-corrected chi connectivity index (χ4v) is 2.67. The molecular formula is C13H20ClNOS. The smallest absolute Gasteiger partial charge is 0.264 e. The minimum absolute atomic E-state index is 0.134. The average molecular weight is 274 g/mol. The molecule has 0 saturated heterocycles. The number of thiophene rings is 1. The molecular weight excluding hydrogens is 254 g/mol. The van der Waals surface area contributed by atoms with Crippen molar-refractivity contribution < 1.29 is 4.79 Å². The molecule has 1 heterocycles. The lowest BCUT2D eigenvalue weighted by Crippen LogP contribution is -2.37. The molecule has 4 heteroatoms. The van der Waals surface area contributed by atoms with Gasteiger partial charge >= 0.3 is 0 Å². The highest BCUT2D eigenvalue weighted by atomic mass is 35.5. The van der Waals surface area contributed by atoms with E-state index in [0.29, 0.717) is 5.88 Å². The van der Waals surface area contributed by atoms with Gasteiger partial charge < -0.3 is 4.90 Å². The lowest BCUT2D eigenvalue weighted by molar-refractivity contribution is 0.0711. The van der Waals surface area contributed by atoms with Gasteiger partial charge in [0.2, 0.25) is 0 Å². The zero-order valence-corrected chi connectivity index (χ0v) is 12.3. The first-order valence-electron chi connectivity index (χ1n) is 6.05. The summed E-state index contributed by atoms with van der Waals surface area (Å²) in [5.41, 5.74) is 0. The average Bonchev–Trinajstić information content (AvgIpc) is 2.77. The van der Waals surface area contributed by atoms with E-state index in [2.05, 4.69) is 6.92 Å². The van der Waals surface area contributed by atoms with Crippen molar-refractivity contribution in [2.45, 2.75) is 39.7 Å². The van der Waals surface area contributed by atoms with Gasteiger partial charge in [0.05, 0.1) is 4.88 Å². The number of amides is 1. The first-order valence-corrected chi connectivity index (χ1v) is 7.40. The second-order valence-corrected chi connectivity index (χ2v) is 5.80. The monoisotopic (exact) mass is 273 g/mol. The van der Waals surface area contributed by atoms with Crippen molar-refractivity contribution in [2.24, 2.45) is 0 Å². The van der Waals surface area contributed by atoms with Gasteiger partial charge in [-0.3, -0.25) is 4.79 Å². The predicted molar refractivity (Wildman–Crippen MR) is 75.2 cm³/mol. The highest BCUT2D eigenvalue weighted by molar-refractivity contribution is 7.14. The molecule has 0 N–H and O–H groups in total. The van der Waals surface area contributed by atoms with Gasteiger partial charge in [-0.05, 0) is 38.8 Å². The Bertz CT molecular complexity index is 362. The molecule has 1 aromatic rings. The second kappa shape index (κ2) is 7.02. The van der Waals surface area contributed by atoms with Crippen LogP contribution in [0.4, 0.5) is 0 Å². The third kappa shape index (κ3) is 4.00. The first-order chi connectivity index (χ1) is 8.10. The van der Waals surface area contributed by atoms with Gasteiger partial charge in [0.15, 0.2) is 0 Å². The van der Waals surface area contributed by atoms with Crippen LogP contribution in [0.1, 0.15) is 41.7 Å². The van der Waals surface area contributed by atoms with Gasteiger partial charge in [-0.2, -0.15) is 0 Å². The summed E-state index contributed by atoms with van der Waals surface area (Å²) < 4.78 is 0. The van der Waals surface area contributed by atoms with E-state index in [0.717, 1.165) is 24.3 Å². The second-order valence-electron chi connectivity index (χ2n) is 4.25. The van der Waals surface area contributed by atoms with Crippen LogP contribution >= 0.6 is 22.9 Å². The molecule has 0 saturated carbocycles. The molecule has 0 radical (unpaired) electrons. The number of halogens is 1. The van der Waals surface area contributed by atoms with E-state index in [4.69, 9.17) is 11.6 Å². The quantitative estimate of drug-likeness (QED) is 0.722. The van der Waals surface area contributed by atoms with E-state index in [1.165, 1.54) is 4.88 Å². The van der Waals surface area contributed by atoms with E-state index >= 15 is 0 Å². The number of rotatable bonds is 6. The minimum atomic E-state index is 0.134. The van der Waals surface area contributed by atoms with Crippen LogP contribution < -0.4 is 0 Å². The van der Waals surface area contributed by atoms with Crippen molar-refractivity contribution in [3.05, 3.63) is 21.9 Å². The molecule has 1 aromatic heterocycles. The van der Waals surface area contributed by atoms with Gasteiger partial charge in [-0.25, -0.2) is 0 Å². The lowest BCUT2D eigenvalue weighted by Gasteiger charge is -2.25. The molecule has 1 amide bonds. The van der Waals surface area contributed by atoms with E-state index in [1.54, 1.807) is 11.3 Å². The van der Waals surface area contributed by atoms with Crippen molar-refractivity contribution >= 4 is 28.8 Å². The van der Waals surface area contributed by atoms with Crippen LogP contribution in [0.25, 0.3) is 0 Å². The van der Waals surface area contributed by atoms with Crippen LogP contribution in [0.5, 0.6) is 0 Å². The summed E-state index contributed by atoms with van der Waals surface area (Å²) in [6.45, 7) is 6.92. The van der Waals surface area contributed by atoms with Crippen LogP contribution in [0.2, 0.25) is 0 Å². The zero-order chi connectivity index (χ0) is 12.8. The van der Waals surface area contributed by atoms with E-state index in [9.17, 15) is 4.79 Å². The molecule has 0 aliphatic heterocycles. The molecule has 96 valence electrons. The van der Waals surface area contributed by atoms with E-state index in [-0.39, 0.29) is 11.9 Å².